The first-order chi connectivity index (χ1) is 13.8. The lowest BCUT2D eigenvalue weighted by atomic mass is 10.2. The molecule has 9 heteroatoms. The van der Waals surface area contributed by atoms with E-state index in [0.29, 0.717) is 17.4 Å². The molecule has 30 heavy (non-hydrogen) atoms. The SMILES string of the molecule is CC(C)(C)OC(=O)N(C(=O)OC(C)(C)C)c1cc(-c2cc(C3CC3)no2)ncc1Cl. The summed E-state index contributed by atoms with van der Waals surface area (Å²) in [5, 5.41) is 4.15. The third-order valence-corrected chi connectivity index (χ3v) is 4.30. The van der Waals surface area contributed by atoms with Crippen molar-refractivity contribution in [3.8, 4) is 11.5 Å². The van der Waals surface area contributed by atoms with Gasteiger partial charge in [0.15, 0.2) is 5.76 Å². The fourth-order valence-electron chi connectivity index (χ4n) is 2.60. The average molecular weight is 436 g/mol. The van der Waals surface area contributed by atoms with Crippen LogP contribution in [0.2, 0.25) is 5.02 Å². The van der Waals surface area contributed by atoms with Crippen LogP contribution in [0.4, 0.5) is 15.3 Å². The normalized spacial score (nSPS) is 14.4. The van der Waals surface area contributed by atoms with E-state index in [2.05, 4.69) is 10.1 Å². The van der Waals surface area contributed by atoms with Crippen molar-refractivity contribution in [2.24, 2.45) is 0 Å². The number of pyridine rings is 1. The molecule has 2 heterocycles. The summed E-state index contributed by atoms with van der Waals surface area (Å²) in [6.45, 7) is 10.2. The maximum atomic E-state index is 12.9. The Balaban J connectivity index is 2.00. The van der Waals surface area contributed by atoms with E-state index in [4.69, 9.17) is 25.6 Å². The highest BCUT2D eigenvalue weighted by molar-refractivity contribution is 6.34. The van der Waals surface area contributed by atoms with Crippen LogP contribution in [0, 0.1) is 0 Å². The number of amides is 2. The number of hydrogen-bond donors (Lipinski definition) is 0. The van der Waals surface area contributed by atoms with Gasteiger partial charge in [0.2, 0.25) is 0 Å². The lowest BCUT2D eigenvalue weighted by molar-refractivity contribution is 0.0430. The van der Waals surface area contributed by atoms with Crippen molar-refractivity contribution in [1.29, 1.82) is 0 Å². The third-order valence-electron chi connectivity index (χ3n) is 4.00. The number of carbonyl (C=O) groups is 2. The molecule has 1 aliphatic carbocycles. The Kier molecular flexibility index (Phi) is 5.82. The highest BCUT2D eigenvalue weighted by atomic mass is 35.5. The molecule has 2 aromatic rings. The second-order valence-corrected chi connectivity index (χ2v) is 9.61. The van der Waals surface area contributed by atoms with Crippen LogP contribution in [0.1, 0.15) is 66.0 Å². The number of hydrogen-bond acceptors (Lipinski definition) is 7. The predicted octanol–water partition coefficient (Wildman–Crippen LogP) is 5.94. The standard InChI is InChI=1S/C21H26ClN3O5/c1-20(2,3)28-18(26)25(19(27)29-21(4,5)6)16-9-15(23-11-13(16)22)17-10-14(24-30-17)12-7-8-12/h9-12H,7-8H2,1-6H3. The minimum Gasteiger partial charge on any atom is -0.443 e. The molecule has 0 atom stereocenters. The first kappa shape index (κ1) is 22.1. The van der Waals surface area contributed by atoms with Gasteiger partial charge >= 0.3 is 12.2 Å². The zero-order valence-corrected chi connectivity index (χ0v) is 18.7. The maximum Gasteiger partial charge on any atom is 0.424 e. The number of halogens is 1. The van der Waals surface area contributed by atoms with Crippen molar-refractivity contribution in [3.63, 3.8) is 0 Å². The van der Waals surface area contributed by atoms with Crippen LogP contribution < -0.4 is 4.90 Å². The molecule has 3 rings (SSSR count). The molecule has 0 unspecified atom stereocenters. The van der Waals surface area contributed by atoms with Gasteiger partial charge in [-0.1, -0.05) is 16.8 Å². The molecule has 2 aromatic heterocycles. The molecule has 2 amide bonds. The van der Waals surface area contributed by atoms with Crippen molar-refractivity contribution in [2.45, 2.75) is 71.5 Å². The quantitative estimate of drug-likeness (QED) is 0.588. The van der Waals surface area contributed by atoms with Crippen molar-refractivity contribution in [1.82, 2.24) is 10.1 Å². The van der Waals surface area contributed by atoms with Crippen LogP contribution in [0.15, 0.2) is 22.9 Å². The fourth-order valence-corrected chi connectivity index (χ4v) is 2.79. The van der Waals surface area contributed by atoms with Crippen molar-refractivity contribution in [3.05, 3.63) is 29.0 Å². The van der Waals surface area contributed by atoms with Crippen molar-refractivity contribution in [2.75, 3.05) is 4.90 Å². The smallest absolute Gasteiger partial charge is 0.424 e. The number of nitrogens with zero attached hydrogens (tertiary/aromatic N) is 3. The monoisotopic (exact) mass is 435 g/mol. The summed E-state index contributed by atoms with van der Waals surface area (Å²) in [6.07, 6.45) is 1.68. The Bertz CT molecular complexity index is 926. The van der Waals surface area contributed by atoms with E-state index in [1.54, 1.807) is 41.5 Å². The number of anilines is 1. The summed E-state index contributed by atoms with van der Waals surface area (Å²) >= 11 is 6.31. The van der Waals surface area contributed by atoms with E-state index in [-0.39, 0.29) is 10.7 Å². The molecule has 0 aliphatic heterocycles. The summed E-state index contributed by atoms with van der Waals surface area (Å²) in [7, 11) is 0. The highest BCUT2D eigenvalue weighted by Crippen LogP contribution is 2.41. The first-order valence-electron chi connectivity index (χ1n) is 9.73. The Hall–Kier alpha value is -2.61. The number of rotatable bonds is 3. The fraction of sp³-hybridized carbons (Fsp3) is 0.524. The van der Waals surface area contributed by atoms with Crippen LogP contribution in [-0.4, -0.2) is 33.5 Å². The van der Waals surface area contributed by atoms with E-state index >= 15 is 0 Å². The summed E-state index contributed by atoms with van der Waals surface area (Å²) in [6, 6.07) is 3.29. The van der Waals surface area contributed by atoms with Crippen molar-refractivity contribution >= 4 is 29.5 Å². The lowest BCUT2D eigenvalue weighted by Crippen LogP contribution is -2.44. The minimum absolute atomic E-state index is 0.0783. The molecule has 0 N–H and O–H groups in total. The minimum atomic E-state index is -0.910. The van der Waals surface area contributed by atoms with E-state index in [1.807, 2.05) is 6.07 Å². The molecule has 0 bridgehead atoms. The molecule has 1 saturated carbocycles. The topological polar surface area (TPSA) is 94.8 Å². The van der Waals surface area contributed by atoms with Gasteiger partial charge in [0.25, 0.3) is 0 Å². The van der Waals surface area contributed by atoms with E-state index < -0.39 is 23.4 Å². The average Bonchev–Trinajstić information content (AvgIpc) is 3.31. The zero-order valence-electron chi connectivity index (χ0n) is 18.0. The number of aromatic nitrogens is 2. The second kappa shape index (κ2) is 7.91. The third kappa shape index (κ3) is 5.50. The number of ether oxygens (including phenoxy) is 2. The molecule has 1 aliphatic rings. The molecule has 0 saturated heterocycles. The second-order valence-electron chi connectivity index (χ2n) is 9.21. The summed E-state index contributed by atoms with van der Waals surface area (Å²) in [5.41, 5.74) is -0.340. The summed E-state index contributed by atoms with van der Waals surface area (Å²) in [4.78, 5) is 30.8. The lowest BCUT2D eigenvalue weighted by Gasteiger charge is -2.29. The zero-order chi connectivity index (χ0) is 22.3. The Morgan fingerprint density at radius 2 is 1.63 bits per heavy atom. The number of imide groups is 1. The molecule has 0 radical (unpaired) electrons. The van der Waals surface area contributed by atoms with Crippen LogP contribution >= 0.6 is 11.6 Å². The molecular formula is C21H26ClN3O5. The van der Waals surface area contributed by atoms with Gasteiger partial charge in [0, 0.05) is 18.2 Å². The largest absolute Gasteiger partial charge is 0.443 e. The van der Waals surface area contributed by atoms with Gasteiger partial charge in [0.1, 0.15) is 16.9 Å². The van der Waals surface area contributed by atoms with Crippen LogP contribution in [0.3, 0.4) is 0 Å². The molecule has 162 valence electrons. The first-order valence-corrected chi connectivity index (χ1v) is 10.1. The molecule has 8 nitrogen and oxygen atoms in total. The molecule has 0 aromatic carbocycles. The van der Waals surface area contributed by atoms with Gasteiger partial charge in [-0.25, -0.2) is 9.59 Å². The van der Waals surface area contributed by atoms with Crippen LogP contribution in [0.5, 0.6) is 0 Å². The van der Waals surface area contributed by atoms with Gasteiger partial charge in [0.05, 0.1) is 16.4 Å². The maximum absolute atomic E-state index is 12.9. The number of carbonyl (C=O) groups excluding carboxylic acids is 2. The van der Waals surface area contributed by atoms with E-state index in [9.17, 15) is 9.59 Å². The van der Waals surface area contributed by atoms with Crippen LogP contribution in [-0.2, 0) is 9.47 Å². The summed E-state index contributed by atoms with van der Waals surface area (Å²) in [5.74, 6) is 0.831. The Labute approximate surface area is 180 Å². The van der Waals surface area contributed by atoms with Gasteiger partial charge in [-0.2, -0.15) is 4.90 Å². The Morgan fingerprint density at radius 3 is 2.13 bits per heavy atom. The van der Waals surface area contributed by atoms with E-state index in [1.165, 1.54) is 12.3 Å². The molecule has 1 fully saturated rings. The van der Waals surface area contributed by atoms with Gasteiger partial charge in [-0.15, -0.1) is 0 Å². The molecule has 0 spiro atoms. The molecular weight excluding hydrogens is 410 g/mol. The predicted molar refractivity (Wildman–Crippen MR) is 112 cm³/mol. The summed E-state index contributed by atoms with van der Waals surface area (Å²) < 4.78 is 16.2. The van der Waals surface area contributed by atoms with Gasteiger partial charge in [-0.05, 0) is 60.5 Å². The van der Waals surface area contributed by atoms with Gasteiger partial charge in [-0.3, -0.25) is 4.98 Å². The Morgan fingerprint density at radius 1 is 1.07 bits per heavy atom. The van der Waals surface area contributed by atoms with E-state index in [0.717, 1.165) is 23.4 Å². The van der Waals surface area contributed by atoms with Crippen molar-refractivity contribution < 1.29 is 23.6 Å². The van der Waals surface area contributed by atoms with Crippen LogP contribution in [0.25, 0.3) is 11.5 Å². The van der Waals surface area contributed by atoms with Gasteiger partial charge < -0.3 is 14.0 Å². The highest BCUT2D eigenvalue weighted by Gasteiger charge is 2.34.